The molecule has 0 saturated carbocycles. The molecule has 2 N–H and O–H groups in total. The molecule has 1 heterocycles. The fraction of sp³-hybridized carbons (Fsp3) is 0.231. The number of amides is 1. The smallest absolute Gasteiger partial charge is 0.303 e. The lowest BCUT2D eigenvalue weighted by Crippen LogP contribution is -2.12. The number of aryl methyl sites for hydroxylation is 1. The lowest BCUT2D eigenvalue weighted by atomic mass is 10.1. The molecule has 0 spiro atoms. The zero-order valence-corrected chi connectivity index (χ0v) is 11.6. The lowest BCUT2D eigenvalue weighted by molar-refractivity contribution is -0.138. The van der Waals surface area contributed by atoms with Crippen LogP contribution in [0.25, 0.3) is 10.6 Å². The highest BCUT2D eigenvalue weighted by Crippen LogP contribution is 2.28. The van der Waals surface area contributed by atoms with Crippen LogP contribution < -0.4 is 5.32 Å². The minimum Gasteiger partial charge on any atom is -0.481 e. The monoisotopic (exact) mass is 291 g/mol. The van der Waals surface area contributed by atoms with E-state index in [-0.39, 0.29) is 18.7 Å². The summed E-state index contributed by atoms with van der Waals surface area (Å²) in [6.45, 7) is 1.97. The van der Waals surface area contributed by atoms with E-state index in [1.165, 1.54) is 11.3 Å². The predicted molar refractivity (Wildman–Crippen MR) is 75.6 cm³/mol. The first-order valence-corrected chi connectivity index (χ1v) is 6.79. The van der Waals surface area contributed by atoms with Gasteiger partial charge in [-0.1, -0.05) is 35.6 Å². The number of aliphatic carboxylic acids is 1. The summed E-state index contributed by atoms with van der Waals surface area (Å²) < 4.78 is 0. The number of carboxylic acid groups (broad SMARTS) is 1. The predicted octanol–water partition coefficient (Wildman–Crippen LogP) is 2.32. The number of nitrogens with one attached hydrogen (secondary N) is 1. The Kier molecular flexibility index (Phi) is 4.41. The molecule has 2 rings (SSSR count). The summed E-state index contributed by atoms with van der Waals surface area (Å²) in [6, 6.07) is 7.76. The van der Waals surface area contributed by atoms with Gasteiger partial charge in [0, 0.05) is 12.0 Å². The van der Waals surface area contributed by atoms with Crippen molar-refractivity contribution < 1.29 is 14.7 Å². The van der Waals surface area contributed by atoms with Gasteiger partial charge in [-0.2, -0.15) is 0 Å². The quantitative estimate of drug-likeness (QED) is 0.882. The van der Waals surface area contributed by atoms with Gasteiger partial charge in [0.1, 0.15) is 5.01 Å². The maximum Gasteiger partial charge on any atom is 0.303 e. The van der Waals surface area contributed by atoms with Crippen LogP contribution in [0.15, 0.2) is 24.3 Å². The zero-order chi connectivity index (χ0) is 14.5. The Morgan fingerprint density at radius 2 is 2.00 bits per heavy atom. The molecule has 1 aromatic heterocycles. The molecule has 1 aromatic carbocycles. The van der Waals surface area contributed by atoms with Crippen molar-refractivity contribution in [3.05, 3.63) is 29.8 Å². The minimum atomic E-state index is -1.00. The van der Waals surface area contributed by atoms with E-state index in [4.69, 9.17) is 5.11 Å². The van der Waals surface area contributed by atoms with E-state index >= 15 is 0 Å². The summed E-state index contributed by atoms with van der Waals surface area (Å²) in [4.78, 5) is 21.9. The second kappa shape index (κ2) is 6.25. The molecule has 0 aliphatic carbocycles. The Morgan fingerprint density at radius 3 is 2.70 bits per heavy atom. The molecule has 0 fully saturated rings. The van der Waals surface area contributed by atoms with Crippen LogP contribution in [0.3, 0.4) is 0 Å². The van der Waals surface area contributed by atoms with Crippen LogP contribution in [0.1, 0.15) is 18.4 Å². The van der Waals surface area contributed by atoms with Gasteiger partial charge in [-0.05, 0) is 12.5 Å². The molecule has 0 saturated heterocycles. The fourth-order valence-corrected chi connectivity index (χ4v) is 2.45. The summed E-state index contributed by atoms with van der Waals surface area (Å²) in [5, 5.41) is 20.1. The second-order valence-electron chi connectivity index (χ2n) is 4.17. The van der Waals surface area contributed by atoms with Crippen molar-refractivity contribution in [2.45, 2.75) is 19.8 Å². The van der Waals surface area contributed by atoms with E-state index in [1.807, 2.05) is 31.2 Å². The second-order valence-corrected chi connectivity index (χ2v) is 5.15. The van der Waals surface area contributed by atoms with Crippen molar-refractivity contribution in [3.63, 3.8) is 0 Å². The molecule has 0 unspecified atom stereocenters. The molecular formula is C13H13N3O3S. The summed E-state index contributed by atoms with van der Waals surface area (Å²) in [5.74, 6) is -1.38. The molecule has 0 bridgehead atoms. The Morgan fingerprint density at radius 1 is 1.25 bits per heavy atom. The van der Waals surface area contributed by atoms with Gasteiger partial charge in [0.2, 0.25) is 11.0 Å². The summed E-state index contributed by atoms with van der Waals surface area (Å²) >= 11 is 1.26. The number of rotatable bonds is 5. The number of carboxylic acids is 1. The Labute approximate surface area is 119 Å². The standard InChI is InChI=1S/C13H13N3O3S/c1-8-4-2-3-5-9(8)12-15-16-13(20-12)14-10(17)6-7-11(18)19/h2-5H,6-7H2,1H3,(H,18,19)(H,14,16,17). The highest BCUT2D eigenvalue weighted by molar-refractivity contribution is 7.18. The molecule has 20 heavy (non-hydrogen) atoms. The zero-order valence-electron chi connectivity index (χ0n) is 10.8. The van der Waals surface area contributed by atoms with Crippen LogP contribution in [0.4, 0.5) is 5.13 Å². The van der Waals surface area contributed by atoms with Gasteiger partial charge in [-0.25, -0.2) is 0 Å². The summed E-state index contributed by atoms with van der Waals surface area (Å²) in [7, 11) is 0. The van der Waals surface area contributed by atoms with E-state index in [9.17, 15) is 9.59 Å². The maximum atomic E-state index is 11.5. The molecule has 0 radical (unpaired) electrons. The number of nitrogens with zero attached hydrogens (tertiary/aromatic N) is 2. The van der Waals surface area contributed by atoms with Crippen molar-refractivity contribution in [2.75, 3.05) is 5.32 Å². The number of hydrogen-bond donors (Lipinski definition) is 2. The van der Waals surface area contributed by atoms with Crippen molar-refractivity contribution >= 4 is 28.3 Å². The van der Waals surface area contributed by atoms with Gasteiger partial charge in [-0.15, -0.1) is 10.2 Å². The highest BCUT2D eigenvalue weighted by atomic mass is 32.1. The van der Waals surface area contributed by atoms with Crippen LogP contribution in [-0.4, -0.2) is 27.2 Å². The largest absolute Gasteiger partial charge is 0.481 e. The van der Waals surface area contributed by atoms with Gasteiger partial charge in [0.15, 0.2) is 0 Å². The SMILES string of the molecule is Cc1ccccc1-c1nnc(NC(=O)CCC(=O)O)s1. The van der Waals surface area contributed by atoms with Crippen LogP contribution in [0.2, 0.25) is 0 Å². The first-order valence-electron chi connectivity index (χ1n) is 5.97. The molecule has 104 valence electrons. The first-order chi connectivity index (χ1) is 9.56. The lowest BCUT2D eigenvalue weighted by Gasteiger charge is -1.99. The third-order valence-corrected chi connectivity index (χ3v) is 3.48. The van der Waals surface area contributed by atoms with Gasteiger partial charge in [0.25, 0.3) is 0 Å². The van der Waals surface area contributed by atoms with E-state index in [1.54, 1.807) is 0 Å². The molecule has 7 heteroatoms. The average Bonchev–Trinajstić information content (AvgIpc) is 2.85. The third-order valence-electron chi connectivity index (χ3n) is 2.61. The Bertz CT molecular complexity index is 639. The minimum absolute atomic E-state index is 0.0748. The summed E-state index contributed by atoms with van der Waals surface area (Å²) in [5.41, 5.74) is 2.04. The molecule has 0 atom stereocenters. The molecule has 6 nitrogen and oxygen atoms in total. The number of anilines is 1. The van der Waals surface area contributed by atoms with Crippen LogP contribution in [-0.2, 0) is 9.59 Å². The van der Waals surface area contributed by atoms with E-state index in [0.29, 0.717) is 5.13 Å². The molecular weight excluding hydrogens is 278 g/mol. The molecule has 1 amide bonds. The van der Waals surface area contributed by atoms with Crippen LogP contribution >= 0.6 is 11.3 Å². The van der Waals surface area contributed by atoms with Crippen molar-refractivity contribution in [1.82, 2.24) is 10.2 Å². The highest BCUT2D eigenvalue weighted by Gasteiger charge is 2.11. The van der Waals surface area contributed by atoms with E-state index in [0.717, 1.165) is 16.1 Å². The van der Waals surface area contributed by atoms with Gasteiger partial charge in [-0.3, -0.25) is 9.59 Å². The molecule has 2 aromatic rings. The number of benzene rings is 1. The Balaban J connectivity index is 2.04. The topological polar surface area (TPSA) is 92.2 Å². The number of aromatic nitrogens is 2. The van der Waals surface area contributed by atoms with Crippen molar-refractivity contribution in [2.24, 2.45) is 0 Å². The van der Waals surface area contributed by atoms with E-state index < -0.39 is 5.97 Å². The number of hydrogen-bond acceptors (Lipinski definition) is 5. The van der Waals surface area contributed by atoms with Crippen LogP contribution in [0.5, 0.6) is 0 Å². The van der Waals surface area contributed by atoms with Gasteiger partial charge >= 0.3 is 5.97 Å². The normalized spacial score (nSPS) is 10.2. The Hall–Kier alpha value is -2.28. The average molecular weight is 291 g/mol. The van der Waals surface area contributed by atoms with Crippen LogP contribution in [0, 0.1) is 6.92 Å². The van der Waals surface area contributed by atoms with Crippen molar-refractivity contribution in [3.8, 4) is 10.6 Å². The van der Waals surface area contributed by atoms with E-state index in [2.05, 4.69) is 15.5 Å². The number of carbonyl (C=O) groups excluding carboxylic acids is 1. The molecule has 0 aliphatic heterocycles. The third kappa shape index (κ3) is 3.61. The van der Waals surface area contributed by atoms with Crippen molar-refractivity contribution in [1.29, 1.82) is 0 Å². The van der Waals surface area contributed by atoms with Gasteiger partial charge in [0.05, 0.1) is 6.42 Å². The first kappa shape index (κ1) is 14.1. The number of carbonyl (C=O) groups is 2. The fourth-order valence-electron chi connectivity index (χ4n) is 1.60. The maximum absolute atomic E-state index is 11.5. The molecule has 0 aliphatic rings. The van der Waals surface area contributed by atoms with Gasteiger partial charge < -0.3 is 10.4 Å². The summed E-state index contributed by atoms with van der Waals surface area (Å²) in [6.07, 6.45) is -0.274.